The van der Waals surface area contributed by atoms with E-state index in [4.69, 9.17) is 9.15 Å². The molecule has 3 heteroatoms. The van der Waals surface area contributed by atoms with Crippen LogP contribution in [0.5, 0.6) is 5.75 Å². The molecule has 0 aliphatic carbocycles. The van der Waals surface area contributed by atoms with Gasteiger partial charge in [0.15, 0.2) is 0 Å². The maximum Gasteiger partial charge on any atom is 0.336 e. The Kier molecular flexibility index (Phi) is 3.33. The van der Waals surface area contributed by atoms with E-state index in [0.717, 1.165) is 16.5 Å². The summed E-state index contributed by atoms with van der Waals surface area (Å²) in [5.41, 5.74) is 1.81. The first kappa shape index (κ1) is 12.2. The van der Waals surface area contributed by atoms with E-state index < -0.39 is 0 Å². The summed E-state index contributed by atoms with van der Waals surface area (Å²) in [7, 11) is 1.58. The summed E-state index contributed by atoms with van der Waals surface area (Å²) in [6, 6.07) is 6.84. The lowest BCUT2D eigenvalue weighted by Crippen LogP contribution is -1.97. The van der Waals surface area contributed by atoms with Crippen LogP contribution in [0.2, 0.25) is 0 Å². The molecule has 0 aliphatic rings. The van der Waals surface area contributed by atoms with Crippen molar-refractivity contribution in [3.8, 4) is 5.75 Å². The molecular weight excluding hydrogens is 228 g/mol. The van der Waals surface area contributed by atoms with E-state index in [1.165, 1.54) is 6.07 Å². The molecule has 1 heterocycles. The van der Waals surface area contributed by atoms with Crippen LogP contribution in [0.15, 0.2) is 51.7 Å². The Morgan fingerprint density at radius 3 is 2.72 bits per heavy atom. The summed E-state index contributed by atoms with van der Waals surface area (Å²) in [5, 5.41) is 0.858. The van der Waals surface area contributed by atoms with E-state index in [-0.39, 0.29) is 5.63 Å². The average Bonchev–Trinajstić information content (AvgIpc) is 2.35. The van der Waals surface area contributed by atoms with Gasteiger partial charge in [-0.1, -0.05) is 18.2 Å². The number of fused-ring (bicyclic) bond motifs is 1. The van der Waals surface area contributed by atoms with Gasteiger partial charge in [0.1, 0.15) is 11.3 Å². The molecule has 1 aromatic carbocycles. The standard InChI is InChI=1S/C15H14O3/c1-10(2)4-7-12-13(17-3)8-5-11-6-9-14(16)18-15(11)12/h4-9H,1H2,2-3H3. The van der Waals surface area contributed by atoms with Crippen molar-refractivity contribution < 1.29 is 9.15 Å². The molecule has 1 aromatic heterocycles. The van der Waals surface area contributed by atoms with Crippen molar-refractivity contribution in [3.05, 3.63) is 58.5 Å². The van der Waals surface area contributed by atoms with Crippen LogP contribution in [0.4, 0.5) is 0 Å². The van der Waals surface area contributed by atoms with Gasteiger partial charge in [-0.2, -0.15) is 0 Å². The van der Waals surface area contributed by atoms with Gasteiger partial charge in [-0.25, -0.2) is 4.79 Å². The molecular formula is C15H14O3. The quantitative estimate of drug-likeness (QED) is 0.611. The third kappa shape index (κ3) is 2.35. The second kappa shape index (κ2) is 4.92. The molecule has 0 aliphatic heterocycles. The molecule has 92 valence electrons. The highest BCUT2D eigenvalue weighted by Crippen LogP contribution is 2.28. The van der Waals surface area contributed by atoms with E-state index in [0.29, 0.717) is 11.3 Å². The molecule has 0 bridgehead atoms. The zero-order valence-electron chi connectivity index (χ0n) is 10.4. The third-order valence-corrected chi connectivity index (χ3v) is 2.54. The summed E-state index contributed by atoms with van der Waals surface area (Å²) in [6.07, 6.45) is 3.69. The van der Waals surface area contributed by atoms with E-state index in [1.807, 2.05) is 31.2 Å². The van der Waals surface area contributed by atoms with Crippen molar-refractivity contribution in [3.63, 3.8) is 0 Å². The van der Waals surface area contributed by atoms with Crippen molar-refractivity contribution in [2.45, 2.75) is 6.92 Å². The van der Waals surface area contributed by atoms with Gasteiger partial charge in [-0.15, -0.1) is 0 Å². The van der Waals surface area contributed by atoms with Gasteiger partial charge in [0.05, 0.1) is 12.7 Å². The average molecular weight is 242 g/mol. The Balaban J connectivity index is 2.75. The van der Waals surface area contributed by atoms with E-state index in [9.17, 15) is 4.79 Å². The summed E-state index contributed by atoms with van der Waals surface area (Å²) in [4.78, 5) is 11.3. The second-order valence-electron chi connectivity index (χ2n) is 4.03. The van der Waals surface area contributed by atoms with Crippen LogP contribution in [0.25, 0.3) is 17.0 Å². The lowest BCUT2D eigenvalue weighted by atomic mass is 10.1. The van der Waals surface area contributed by atoms with Crippen molar-refractivity contribution in [2.24, 2.45) is 0 Å². The number of methoxy groups -OCH3 is 1. The van der Waals surface area contributed by atoms with Gasteiger partial charge in [-0.05, 0) is 31.2 Å². The zero-order chi connectivity index (χ0) is 13.1. The molecule has 0 atom stereocenters. The predicted molar refractivity (Wildman–Crippen MR) is 72.9 cm³/mol. The van der Waals surface area contributed by atoms with Crippen LogP contribution >= 0.6 is 0 Å². The molecule has 0 saturated carbocycles. The minimum absolute atomic E-state index is 0.374. The van der Waals surface area contributed by atoms with Crippen LogP contribution in [0.3, 0.4) is 0 Å². The van der Waals surface area contributed by atoms with Crippen molar-refractivity contribution in [1.82, 2.24) is 0 Å². The number of hydrogen-bond acceptors (Lipinski definition) is 3. The van der Waals surface area contributed by atoms with Gasteiger partial charge in [0.2, 0.25) is 0 Å². The van der Waals surface area contributed by atoms with Crippen LogP contribution < -0.4 is 10.4 Å². The SMILES string of the molecule is C=C(C)C=Cc1c(OC)ccc2ccc(=O)oc12. The van der Waals surface area contributed by atoms with Crippen LogP contribution in [-0.2, 0) is 0 Å². The maximum absolute atomic E-state index is 11.3. The highest BCUT2D eigenvalue weighted by molar-refractivity contribution is 5.88. The predicted octanol–water partition coefficient (Wildman–Crippen LogP) is 3.39. The Labute approximate surface area is 105 Å². The third-order valence-electron chi connectivity index (χ3n) is 2.54. The number of hydrogen-bond donors (Lipinski definition) is 0. The molecule has 2 rings (SSSR count). The fourth-order valence-electron chi connectivity index (χ4n) is 1.70. The van der Waals surface area contributed by atoms with Gasteiger partial charge in [0, 0.05) is 11.5 Å². The number of allylic oxidation sites excluding steroid dienone is 2. The summed E-state index contributed by atoms with van der Waals surface area (Å²) in [5.74, 6) is 0.661. The molecule has 0 N–H and O–H groups in total. The Morgan fingerprint density at radius 1 is 1.33 bits per heavy atom. The Bertz CT molecular complexity index is 678. The topological polar surface area (TPSA) is 39.4 Å². The van der Waals surface area contributed by atoms with Gasteiger partial charge in [-0.3, -0.25) is 0 Å². The van der Waals surface area contributed by atoms with Gasteiger partial charge in [0.25, 0.3) is 0 Å². The molecule has 18 heavy (non-hydrogen) atoms. The van der Waals surface area contributed by atoms with Crippen molar-refractivity contribution >= 4 is 17.0 Å². The van der Waals surface area contributed by atoms with Gasteiger partial charge >= 0.3 is 5.63 Å². The molecule has 0 unspecified atom stereocenters. The number of ether oxygens (including phenoxy) is 1. The zero-order valence-corrected chi connectivity index (χ0v) is 10.4. The first-order valence-corrected chi connectivity index (χ1v) is 5.56. The molecule has 0 amide bonds. The van der Waals surface area contributed by atoms with E-state index in [1.54, 1.807) is 13.2 Å². The monoisotopic (exact) mass is 242 g/mol. The van der Waals surface area contributed by atoms with Crippen LogP contribution in [0, 0.1) is 0 Å². The van der Waals surface area contributed by atoms with E-state index >= 15 is 0 Å². The number of benzene rings is 1. The van der Waals surface area contributed by atoms with Crippen molar-refractivity contribution in [2.75, 3.05) is 7.11 Å². The molecule has 0 radical (unpaired) electrons. The molecule has 3 nitrogen and oxygen atoms in total. The summed E-state index contributed by atoms with van der Waals surface area (Å²) < 4.78 is 10.5. The number of rotatable bonds is 3. The molecule has 0 spiro atoms. The summed E-state index contributed by atoms with van der Waals surface area (Å²) >= 11 is 0. The minimum atomic E-state index is -0.374. The highest BCUT2D eigenvalue weighted by atomic mass is 16.5. The first-order chi connectivity index (χ1) is 8.61. The molecule has 2 aromatic rings. The Hall–Kier alpha value is -2.29. The fourth-order valence-corrected chi connectivity index (χ4v) is 1.70. The highest BCUT2D eigenvalue weighted by Gasteiger charge is 2.08. The first-order valence-electron chi connectivity index (χ1n) is 5.56. The smallest absolute Gasteiger partial charge is 0.336 e. The fraction of sp³-hybridized carbons (Fsp3) is 0.133. The van der Waals surface area contributed by atoms with Crippen LogP contribution in [-0.4, -0.2) is 7.11 Å². The largest absolute Gasteiger partial charge is 0.496 e. The maximum atomic E-state index is 11.3. The van der Waals surface area contributed by atoms with Crippen molar-refractivity contribution in [1.29, 1.82) is 0 Å². The minimum Gasteiger partial charge on any atom is -0.496 e. The molecule has 0 saturated heterocycles. The summed E-state index contributed by atoms with van der Waals surface area (Å²) in [6.45, 7) is 5.70. The van der Waals surface area contributed by atoms with Crippen LogP contribution in [0.1, 0.15) is 12.5 Å². The normalized spacial score (nSPS) is 11.0. The Morgan fingerprint density at radius 2 is 2.06 bits per heavy atom. The second-order valence-corrected chi connectivity index (χ2v) is 4.03. The van der Waals surface area contributed by atoms with Gasteiger partial charge < -0.3 is 9.15 Å². The molecule has 0 fully saturated rings. The lowest BCUT2D eigenvalue weighted by Gasteiger charge is -2.07. The lowest BCUT2D eigenvalue weighted by molar-refractivity contribution is 0.413. The van der Waals surface area contributed by atoms with E-state index in [2.05, 4.69) is 6.58 Å².